The van der Waals surface area contributed by atoms with Crippen molar-refractivity contribution in [1.29, 1.82) is 0 Å². The average molecular weight is 339 g/mol. The second kappa shape index (κ2) is 8.47. The molecule has 0 aliphatic rings. The molecule has 0 heterocycles. The zero-order chi connectivity index (χ0) is 18.4. The Hall–Kier alpha value is -2.62. The second-order valence-corrected chi connectivity index (χ2v) is 6.28. The van der Waals surface area contributed by atoms with E-state index in [2.05, 4.69) is 19.2 Å². The molecule has 0 radical (unpaired) electrons. The van der Waals surface area contributed by atoms with E-state index in [0.717, 1.165) is 17.5 Å². The van der Waals surface area contributed by atoms with Crippen LogP contribution in [0.5, 0.6) is 0 Å². The van der Waals surface area contributed by atoms with Gasteiger partial charge in [0.05, 0.1) is 18.6 Å². The molecular formula is C21H25NO3. The van der Waals surface area contributed by atoms with Crippen molar-refractivity contribution in [3.05, 3.63) is 65.2 Å². The summed E-state index contributed by atoms with van der Waals surface area (Å²) in [4.78, 5) is 24.7. The predicted octanol–water partition coefficient (Wildman–Crippen LogP) is 4.55. The van der Waals surface area contributed by atoms with Crippen LogP contribution in [0.2, 0.25) is 0 Å². The first-order chi connectivity index (χ1) is 12.0. The van der Waals surface area contributed by atoms with E-state index in [4.69, 9.17) is 4.74 Å². The van der Waals surface area contributed by atoms with Gasteiger partial charge < -0.3 is 10.1 Å². The van der Waals surface area contributed by atoms with Gasteiger partial charge >= 0.3 is 5.97 Å². The van der Waals surface area contributed by atoms with Gasteiger partial charge in [-0.3, -0.25) is 4.79 Å². The van der Waals surface area contributed by atoms with Gasteiger partial charge in [0.2, 0.25) is 5.91 Å². The zero-order valence-electron chi connectivity index (χ0n) is 15.2. The summed E-state index contributed by atoms with van der Waals surface area (Å²) >= 11 is 0. The van der Waals surface area contributed by atoms with E-state index in [1.54, 1.807) is 12.1 Å². The Balaban J connectivity index is 2.31. The molecule has 0 saturated carbocycles. The molecule has 2 rings (SSSR count). The van der Waals surface area contributed by atoms with E-state index in [9.17, 15) is 9.59 Å². The molecule has 4 nitrogen and oxygen atoms in total. The number of esters is 1. The maximum Gasteiger partial charge on any atom is 0.337 e. The summed E-state index contributed by atoms with van der Waals surface area (Å²) in [5, 5.41) is 3.00. The standard InChI is InChI=1S/C21H25NO3/c1-5-14(2)19(16-9-7-6-8-10-16)20(23)22-18-13-17(21(24)25-4)12-11-15(18)3/h6-14,19H,5H2,1-4H3,(H,22,23)/t14-,19-/m0/s1. The molecule has 0 bridgehead atoms. The summed E-state index contributed by atoms with van der Waals surface area (Å²) in [5.74, 6) is -0.526. The van der Waals surface area contributed by atoms with Gasteiger partial charge in [-0.2, -0.15) is 0 Å². The largest absolute Gasteiger partial charge is 0.465 e. The molecule has 0 unspecified atom stereocenters. The highest BCUT2D eigenvalue weighted by Crippen LogP contribution is 2.29. The number of anilines is 1. The van der Waals surface area contributed by atoms with Crippen LogP contribution in [-0.2, 0) is 9.53 Å². The molecule has 2 aromatic carbocycles. The third-order valence-corrected chi connectivity index (χ3v) is 4.57. The van der Waals surface area contributed by atoms with E-state index in [0.29, 0.717) is 11.3 Å². The van der Waals surface area contributed by atoms with Gasteiger partial charge in [-0.15, -0.1) is 0 Å². The fourth-order valence-electron chi connectivity index (χ4n) is 2.85. The summed E-state index contributed by atoms with van der Waals surface area (Å²) in [5.41, 5.74) is 2.95. The number of hydrogen-bond donors (Lipinski definition) is 1. The van der Waals surface area contributed by atoms with Crippen molar-refractivity contribution < 1.29 is 14.3 Å². The Morgan fingerprint density at radius 3 is 2.40 bits per heavy atom. The van der Waals surface area contributed by atoms with Crippen LogP contribution in [-0.4, -0.2) is 19.0 Å². The third kappa shape index (κ3) is 4.47. The summed E-state index contributed by atoms with van der Waals surface area (Å²) < 4.78 is 4.76. The lowest BCUT2D eigenvalue weighted by Crippen LogP contribution is -2.26. The van der Waals surface area contributed by atoms with Crippen LogP contribution < -0.4 is 5.32 Å². The molecule has 1 amide bonds. The molecule has 0 fully saturated rings. The quantitative estimate of drug-likeness (QED) is 0.786. The first-order valence-corrected chi connectivity index (χ1v) is 8.52. The molecule has 1 N–H and O–H groups in total. The Morgan fingerprint density at radius 1 is 1.12 bits per heavy atom. The van der Waals surface area contributed by atoms with Crippen LogP contribution in [0, 0.1) is 12.8 Å². The van der Waals surface area contributed by atoms with Crippen molar-refractivity contribution >= 4 is 17.6 Å². The summed E-state index contributed by atoms with van der Waals surface area (Å²) in [6.45, 7) is 6.06. The van der Waals surface area contributed by atoms with Crippen LogP contribution >= 0.6 is 0 Å². The molecule has 25 heavy (non-hydrogen) atoms. The maximum absolute atomic E-state index is 13.0. The fraction of sp³-hybridized carbons (Fsp3) is 0.333. The first-order valence-electron chi connectivity index (χ1n) is 8.52. The van der Waals surface area contributed by atoms with Crippen LogP contribution in [0.4, 0.5) is 5.69 Å². The van der Waals surface area contributed by atoms with Crippen molar-refractivity contribution in [2.45, 2.75) is 33.1 Å². The number of nitrogens with one attached hydrogen (secondary N) is 1. The molecule has 132 valence electrons. The van der Waals surface area contributed by atoms with E-state index in [-0.39, 0.29) is 17.7 Å². The highest BCUT2D eigenvalue weighted by atomic mass is 16.5. The molecule has 2 aromatic rings. The lowest BCUT2D eigenvalue weighted by atomic mass is 9.84. The lowest BCUT2D eigenvalue weighted by Gasteiger charge is -2.23. The molecule has 0 aromatic heterocycles. The van der Waals surface area contributed by atoms with Crippen LogP contribution in [0.1, 0.15) is 47.7 Å². The smallest absolute Gasteiger partial charge is 0.337 e. The van der Waals surface area contributed by atoms with Crippen molar-refractivity contribution in [3.63, 3.8) is 0 Å². The average Bonchev–Trinajstić information content (AvgIpc) is 2.63. The van der Waals surface area contributed by atoms with E-state index < -0.39 is 5.97 Å². The van der Waals surface area contributed by atoms with Gasteiger partial charge in [0.25, 0.3) is 0 Å². The Morgan fingerprint density at radius 2 is 1.80 bits per heavy atom. The van der Waals surface area contributed by atoms with Crippen molar-refractivity contribution in [2.24, 2.45) is 5.92 Å². The number of amides is 1. The lowest BCUT2D eigenvalue weighted by molar-refractivity contribution is -0.118. The van der Waals surface area contributed by atoms with Crippen molar-refractivity contribution in [1.82, 2.24) is 0 Å². The van der Waals surface area contributed by atoms with Gasteiger partial charge in [0.15, 0.2) is 0 Å². The minimum absolute atomic E-state index is 0.0642. The van der Waals surface area contributed by atoms with Gasteiger partial charge in [0, 0.05) is 5.69 Å². The van der Waals surface area contributed by atoms with Gasteiger partial charge in [-0.05, 0) is 36.1 Å². The predicted molar refractivity (Wildman–Crippen MR) is 99.8 cm³/mol. The monoisotopic (exact) mass is 339 g/mol. The minimum atomic E-state index is -0.419. The number of methoxy groups -OCH3 is 1. The number of benzene rings is 2. The molecule has 0 aliphatic carbocycles. The Labute approximate surface area is 149 Å². The summed E-state index contributed by atoms with van der Waals surface area (Å²) in [7, 11) is 1.34. The van der Waals surface area contributed by atoms with E-state index >= 15 is 0 Å². The SMILES string of the molecule is CC[C@H](C)[C@H](C(=O)Nc1cc(C(=O)OC)ccc1C)c1ccccc1. The Bertz CT molecular complexity index is 740. The second-order valence-electron chi connectivity index (χ2n) is 6.28. The van der Waals surface area contributed by atoms with Crippen molar-refractivity contribution in [3.8, 4) is 0 Å². The highest BCUT2D eigenvalue weighted by molar-refractivity contribution is 5.98. The third-order valence-electron chi connectivity index (χ3n) is 4.57. The Kier molecular flexibility index (Phi) is 6.34. The molecule has 0 spiro atoms. The normalized spacial score (nSPS) is 13.0. The molecular weight excluding hydrogens is 314 g/mol. The van der Waals surface area contributed by atoms with Gasteiger partial charge in [0.1, 0.15) is 0 Å². The van der Waals surface area contributed by atoms with Crippen LogP contribution in [0.25, 0.3) is 0 Å². The number of rotatable bonds is 6. The molecule has 2 atom stereocenters. The number of carbonyl (C=O) groups is 2. The van der Waals surface area contributed by atoms with E-state index in [1.165, 1.54) is 7.11 Å². The minimum Gasteiger partial charge on any atom is -0.465 e. The molecule has 0 aliphatic heterocycles. The maximum atomic E-state index is 13.0. The summed E-state index contributed by atoms with van der Waals surface area (Å²) in [6.07, 6.45) is 0.897. The molecule has 4 heteroatoms. The van der Waals surface area contributed by atoms with Crippen LogP contribution in [0.15, 0.2) is 48.5 Å². The van der Waals surface area contributed by atoms with Gasteiger partial charge in [-0.1, -0.05) is 56.7 Å². The molecule has 0 saturated heterocycles. The fourth-order valence-corrected chi connectivity index (χ4v) is 2.85. The number of ether oxygens (including phenoxy) is 1. The first kappa shape index (κ1) is 18.7. The number of hydrogen-bond acceptors (Lipinski definition) is 3. The van der Waals surface area contributed by atoms with E-state index in [1.807, 2.05) is 43.3 Å². The van der Waals surface area contributed by atoms with Crippen LogP contribution in [0.3, 0.4) is 0 Å². The topological polar surface area (TPSA) is 55.4 Å². The summed E-state index contributed by atoms with van der Waals surface area (Å²) in [6, 6.07) is 15.0. The number of carbonyl (C=O) groups excluding carboxylic acids is 2. The highest BCUT2D eigenvalue weighted by Gasteiger charge is 2.26. The zero-order valence-corrected chi connectivity index (χ0v) is 15.2. The number of aryl methyl sites for hydroxylation is 1. The van der Waals surface area contributed by atoms with Gasteiger partial charge in [-0.25, -0.2) is 4.79 Å². The van der Waals surface area contributed by atoms with Crippen molar-refractivity contribution in [2.75, 3.05) is 12.4 Å².